The van der Waals surface area contributed by atoms with Crippen LogP contribution in [0.5, 0.6) is 0 Å². The van der Waals surface area contributed by atoms with Crippen molar-refractivity contribution in [3.8, 4) is 0 Å². The fourth-order valence-electron chi connectivity index (χ4n) is 2.72. The molecular formula is C16H18Br2N2S. The average Bonchev–Trinajstić information content (AvgIpc) is 3.03. The zero-order chi connectivity index (χ0) is 14.7. The molecule has 2 aromatic rings. The molecule has 1 aromatic heterocycles. The summed E-state index contributed by atoms with van der Waals surface area (Å²) in [6.07, 6.45) is 2.38. The quantitative estimate of drug-likeness (QED) is 0.662. The molecule has 112 valence electrons. The zero-order valence-corrected chi connectivity index (χ0v) is 15.7. The summed E-state index contributed by atoms with van der Waals surface area (Å²) in [6, 6.07) is 11.0. The molecule has 0 saturated heterocycles. The molecule has 2 heterocycles. The van der Waals surface area contributed by atoms with Gasteiger partial charge >= 0.3 is 0 Å². The van der Waals surface area contributed by atoms with E-state index in [1.165, 1.54) is 39.3 Å². The smallest absolute Gasteiger partial charge is 0.0843 e. The molecule has 21 heavy (non-hydrogen) atoms. The second kappa shape index (κ2) is 7.27. The van der Waals surface area contributed by atoms with E-state index in [-0.39, 0.29) is 0 Å². The lowest BCUT2D eigenvalue weighted by Gasteiger charge is -2.19. The molecule has 3 rings (SSSR count). The van der Waals surface area contributed by atoms with Gasteiger partial charge in [0.05, 0.1) is 3.79 Å². The second-order valence-corrected chi connectivity index (χ2v) is 8.54. The summed E-state index contributed by atoms with van der Waals surface area (Å²) in [4.78, 5) is 3.87. The van der Waals surface area contributed by atoms with Crippen LogP contribution < -0.4 is 10.2 Å². The first-order valence-electron chi connectivity index (χ1n) is 7.21. The molecule has 0 amide bonds. The maximum absolute atomic E-state index is 3.54. The van der Waals surface area contributed by atoms with E-state index in [2.05, 4.69) is 72.4 Å². The lowest BCUT2D eigenvalue weighted by Crippen LogP contribution is -2.25. The van der Waals surface area contributed by atoms with Crippen molar-refractivity contribution in [2.45, 2.75) is 19.4 Å². The Hall–Kier alpha value is -0.360. The third-order valence-electron chi connectivity index (χ3n) is 3.76. The van der Waals surface area contributed by atoms with Gasteiger partial charge in [0.2, 0.25) is 0 Å². The maximum Gasteiger partial charge on any atom is 0.0843 e. The van der Waals surface area contributed by atoms with Crippen LogP contribution in [0.4, 0.5) is 5.69 Å². The van der Waals surface area contributed by atoms with Crippen LogP contribution in [0.2, 0.25) is 0 Å². The fourth-order valence-corrected chi connectivity index (χ4v) is 4.87. The summed E-state index contributed by atoms with van der Waals surface area (Å²) in [7, 11) is 0. The highest BCUT2D eigenvalue weighted by Crippen LogP contribution is 2.32. The van der Waals surface area contributed by atoms with Crippen molar-refractivity contribution in [3.63, 3.8) is 0 Å². The Bertz CT molecular complexity index is 593. The van der Waals surface area contributed by atoms with Gasteiger partial charge in [-0.2, -0.15) is 0 Å². The van der Waals surface area contributed by atoms with Gasteiger partial charge in [-0.15, -0.1) is 11.3 Å². The molecule has 0 fully saturated rings. The number of thiophene rings is 1. The highest BCUT2D eigenvalue weighted by Gasteiger charge is 2.17. The van der Waals surface area contributed by atoms with Gasteiger partial charge in [0, 0.05) is 34.7 Å². The summed E-state index contributed by atoms with van der Waals surface area (Å²) in [5, 5.41) is 3.53. The summed E-state index contributed by atoms with van der Waals surface area (Å²) in [5.41, 5.74) is 2.93. The molecule has 5 heteroatoms. The number of rotatable bonds is 6. The van der Waals surface area contributed by atoms with Crippen LogP contribution in [0.15, 0.2) is 38.6 Å². The van der Waals surface area contributed by atoms with E-state index in [1.807, 2.05) is 0 Å². The van der Waals surface area contributed by atoms with Crippen LogP contribution >= 0.6 is 43.2 Å². The Kier molecular flexibility index (Phi) is 5.38. The van der Waals surface area contributed by atoms with Crippen LogP contribution in [0, 0.1) is 0 Å². The van der Waals surface area contributed by atoms with Gasteiger partial charge in [0.25, 0.3) is 0 Å². The summed E-state index contributed by atoms with van der Waals surface area (Å²) in [5.74, 6) is 0. The molecule has 1 aliphatic heterocycles. The molecule has 1 aromatic carbocycles. The van der Waals surface area contributed by atoms with Gasteiger partial charge < -0.3 is 10.2 Å². The van der Waals surface area contributed by atoms with Gasteiger partial charge in [-0.25, -0.2) is 0 Å². The van der Waals surface area contributed by atoms with Crippen molar-refractivity contribution in [2.24, 2.45) is 0 Å². The predicted molar refractivity (Wildman–Crippen MR) is 98.4 cm³/mol. The standard InChI is InChI=1S/C16H18Br2N2S/c17-14-10-13(21-16(14)18)11-19-7-3-8-20-9-6-12-4-1-2-5-15(12)20/h1-2,4-5,10,19H,3,6-9,11H2. The summed E-state index contributed by atoms with van der Waals surface area (Å²) >= 11 is 8.85. The van der Waals surface area contributed by atoms with Crippen molar-refractivity contribution in [2.75, 3.05) is 24.5 Å². The second-order valence-electron chi connectivity index (χ2n) is 5.23. The van der Waals surface area contributed by atoms with Gasteiger partial charge in [0.1, 0.15) is 0 Å². The maximum atomic E-state index is 3.54. The van der Waals surface area contributed by atoms with E-state index in [0.29, 0.717) is 0 Å². The van der Waals surface area contributed by atoms with Crippen LogP contribution in [0.1, 0.15) is 16.9 Å². The molecule has 0 saturated carbocycles. The Morgan fingerprint density at radius 1 is 1.24 bits per heavy atom. The molecule has 1 N–H and O–H groups in total. The largest absolute Gasteiger partial charge is 0.371 e. The highest BCUT2D eigenvalue weighted by molar-refractivity contribution is 9.13. The molecular weight excluding hydrogens is 412 g/mol. The number of benzene rings is 1. The van der Waals surface area contributed by atoms with E-state index >= 15 is 0 Å². The van der Waals surface area contributed by atoms with Gasteiger partial charge in [-0.1, -0.05) is 18.2 Å². The first-order valence-corrected chi connectivity index (χ1v) is 9.61. The minimum atomic E-state index is 0.950. The number of nitrogens with one attached hydrogen (secondary N) is 1. The number of anilines is 1. The third kappa shape index (κ3) is 3.89. The van der Waals surface area contributed by atoms with Gasteiger partial charge in [0.15, 0.2) is 0 Å². The van der Waals surface area contributed by atoms with Gasteiger partial charge in [-0.3, -0.25) is 0 Å². The molecule has 2 nitrogen and oxygen atoms in total. The molecule has 1 aliphatic rings. The Labute approximate surface area is 146 Å². The van der Waals surface area contributed by atoms with Crippen molar-refractivity contribution in [1.29, 1.82) is 0 Å². The lowest BCUT2D eigenvalue weighted by atomic mass is 10.2. The Morgan fingerprint density at radius 3 is 2.90 bits per heavy atom. The number of halogens is 2. The van der Waals surface area contributed by atoms with Crippen LogP contribution in [0.3, 0.4) is 0 Å². The molecule has 0 atom stereocenters. The number of para-hydroxylation sites is 1. The van der Waals surface area contributed by atoms with E-state index in [4.69, 9.17) is 0 Å². The summed E-state index contributed by atoms with van der Waals surface area (Å²) in [6.45, 7) is 4.32. The van der Waals surface area contributed by atoms with E-state index in [0.717, 1.165) is 24.1 Å². The van der Waals surface area contributed by atoms with Crippen LogP contribution in [0.25, 0.3) is 0 Å². The third-order valence-corrected chi connectivity index (χ3v) is 7.02. The zero-order valence-electron chi connectivity index (χ0n) is 11.7. The molecule has 0 aliphatic carbocycles. The number of fused-ring (bicyclic) bond motifs is 1. The Balaban J connectivity index is 1.39. The Morgan fingerprint density at radius 2 is 2.10 bits per heavy atom. The molecule has 0 spiro atoms. The van der Waals surface area contributed by atoms with E-state index < -0.39 is 0 Å². The van der Waals surface area contributed by atoms with Gasteiger partial charge in [-0.05, 0) is 68.9 Å². The monoisotopic (exact) mass is 428 g/mol. The normalized spacial score (nSPS) is 13.7. The number of hydrogen-bond donors (Lipinski definition) is 1. The summed E-state index contributed by atoms with van der Waals surface area (Å²) < 4.78 is 2.32. The van der Waals surface area contributed by atoms with Crippen molar-refractivity contribution in [3.05, 3.63) is 49.0 Å². The molecule has 0 bridgehead atoms. The first-order chi connectivity index (χ1) is 10.2. The van der Waals surface area contributed by atoms with Crippen molar-refractivity contribution >= 4 is 48.9 Å². The number of nitrogens with zero attached hydrogens (tertiary/aromatic N) is 1. The number of hydrogen-bond acceptors (Lipinski definition) is 3. The molecule has 0 radical (unpaired) electrons. The SMILES string of the molecule is Brc1cc(CNCCCN2CCc3ccccc32)sc1Br. The van der Waals surface area contributed by atoms with Crippen molar-refractivity contribution in [1.82, 2.24) is 5.32 Å². The molecule has 0 unspecified atom stereocenters. The van der Waals surface area contributed by atoms with Crippen molar-refractivity contribution < 1.29 is 0 Å². The fraction of sp³-hybridized carbons (Fsp3) is 0.375. The first kappa shape index (κ1) is 15.5. The van der Waals surface area contributed by atoms with Crippen LogP contribution in [-0.2, 0) is 13.0 Å². The lowest BCUT2D eigenvalue weighted by molar-refractivity contribution is 0.642. The van der Waals surface area contributed by atoms with Crippen LogP contribution in [-0.4, -0.2) is 19.6 Å². The van der Waals surface area contributed by atoms with E-state index in [1.54, 1.807) is 11.3 Å². The highest BCUT2D eigenvalue weighted by atomic mass is 79.9. The van der Waals surface area contributed by atoms with E-state index in [9.17, 15) is 0 Å². The minimum Gasteiger partial charge on any atom is -0.371 e. The average molecular weight is 430 g/mol. The minimum absolute atomic E-state index is 0.950. The predicted octanol–water partition coefficient (Wildman–Crippen LogP) is 4.82. The topological polar surface area (TPSA) is 15.3 Å².